The molecule has 0 aromatic heterocycles. The van der Waals surface area contributed by atoms with Crippen molar-refractivity contribution in [2.45, 2.75) is 12.5 Å². The molecule has 0 radical (unpaired) electrons. The molecule has 2 saturated heterocycles. The lowest BCUT2D eigenvalue weighted by molar-refractivity contribution is 0.0784. The minimum absolute atomic E-state index is 0.214. The zero-order chi connectivity index (χ0) is 10.4. The van der Waals surface area contributed by atoms with Gasteiger partial charge in [0.15, 0.2) is 5.78 Å². The Morgan fingerprint density at radius 2 is 2.07 bits per heavy atom. The van der Waals surface area contributed by atoms with E-state index in [1.165, 1.54) is 6.42 Å². The number of carbonyl (C=O) groups is 1. The Kier molecular flexibility index (Phi) is 2.08. The minimum atomic E-state index is 0.214. The number of benzene rings is 1. The first-order valence-electron chi connectivity index (χ1n) is 5.29. The topological polar surface area (TPSA) is 29.1 Å². The van der Waals surface area contributed by atoms with Crippen LogP contribution in [0.15, 0.2) is 24.3 Å². The van der Waals surface area contributed by atoms with Gasteiger partial charge >= 0.3 is 0 Å². The Labute approximate surface area is 93.6 Å². The van der Waals surface area contributed by atoms with Gasteiger partial charge in [0.1, 0.15) is 0 Å². The van der Waals surface area contributed by atoms with Crippen molar-refractivity contribution in [3.63, 3.8) is 0 Å². The van der Waals surface area contributed by atoms with Crippen LogP contribution in [0.4, 0.5) is 0 Å². The SMILES string of the molecule is O=C(c1ccc(Cl)cc1)C1C2CNC1C2. The van der Waals surface area contributed by atoms with Gasteiger partial charge in [-0.1, -0.05) is 11.6 Å². The van der Waals surface area contributed by atoms with Crippen molar-refractivity contribution < 1.29 is 4.79 Å². The summed E-state index contributed by atoms with van der Waals surface area (Å²) in [4.78, 5) is 12.1. The minimum Gasteiger partial charge on any atom is -0.313 e. The van der Waals surface area contributed by atoms with E-state index in [4.69, 9.17) is 11.6 Å². The Balaban J connectivity index is 1.83. The van der Waals surface area contributed by atoms with E-state index in [1.807, 2.05) is 12.1 Å². The van der Waals surface area contributed by atoms with Gasteiger partial charge in [-0.2, -0.15) is 0 Å². The predicted octanol–water partition coefficient (Wildman–Crippen LogP) is 2.13. The van der Waals surface area contributed by atoms with Gasteiger partial charge in [0, 0.05) is 22.5 Å². The molecule has 78 valence electrons. The smallest absolute Gasteiger partial charge is 0.167 e. The molecule has 0 spiro atoms. The molecule has 1 N–H and O–H groups in total. The second kappa shape index (κ2) is 3.32. The number of Topliss-reactive ketones (excluding diaryl/α,β-unsaturated/α-hetero) is 1. The van der Waals surface area contributed by atoms with Crippen LogP contribution in [-0.4, -0.2) is 18.4 Å². The second-order valence-electron chi connectivity index (χ2n) is 4.41. The van der Waals surface area contributed by atoms with E-state index in [9.17, 15) is 4.79 Å². The van der Waals surface area contributed by atoms with E-state index >= 15 is 0 Å². The van der Waals surface area contributed by atoms with Gasteiger partial charge < -0.3 is 5.32 Å². The second-order valence-corrected chi connectivity index (χ2v) is 4.84. The molecule has 3 heteroatoms. The summed E-state index contributed by atoms with van der Waals surface area (Å²) < 4.78 is 0. The lowest BCUT2D eigenvalue weighted by Crippen LogP contribution is -2.42. The third-order valence-electron chi connectivity index (χ3n) is 3.57. The highest BCUT2D eigenvalue weighted by Crippen LogP contribution is 2.41. The van der Waals surface area contributed by atoms with Crippen LogP contribution in [0.3, 0.4) is 0 Å². The molecule has 3 unspecified atom stereocenters. The lowest BCUT2D eigenvalue weighted by atomic mass is 9.70. The molecule has 15 heavy (non-hydrogen) atoms. The summed E-state index contributed by atoms with van der Waals surface area (Å²) in [5, 5.41) is 4.04. The molecular formula is C12H12ClNO. The van der Waals surface area contributed by atoms with Crippen molar-refractivity contribution in [2.24, 2.45) is 11.8 Å². The van der Waals surface area contributed by atoms with Gasteiger partial charge in [-0.25, -0.2) is 0 Å². The first-order valence-corrected chi connectivity index (χ1v) is 5.66. The van der Waals surface area contributed by atoms with Crippen LogP contribution in [0.5, 0.6) is 0 Å². The summed E-state index contributed by atoms with van der Waals surface area (Å²) in [6.07, 6.45) is 1.17. The summed E-state index contributed by atoms with van der Waals surface area (Å²) in [6.45, 7) is 1.01. The third kappa shape index (κ3) is 1.40. The first kappa shape index (κ1) is 9.37. The third-order valence-corrected chi connectivity index (χ3v) is 3.82. The van der Waals surface area contributed by atoms with E-state index in [1.54, 1.807) is 12.1 Å². The van der Waals surface area contributed by atoms with Gasteiger partial charge in [0.2, 0.25) is 0 Å². The highest BCUT2D eigenvalue weighted by atomic mass is 35.5. The monoisotopic (exact) mass is 221 g/mol. The van der Waals surface area contributed by atoms with E-state index in [0.717, 1.165) is 12.1 Å². The maximum Gasteiger partial charge on any atom is 0.167 e. The number of carbonyl (C=O) groups excluding carboxylic acids is 1. The molecule has 2 heterocycles. The van der Waals surface area contributed by atoms with Gasteiger partial charge in [-0.15, -0.1) is 0 Å². The Bertz CT molecular complexity index is 387. The molecule has 2 aliphatic heterocycles. The molecule has 2 bridgehead atoms. The largest absolute Gasteiger partial charge is 0.313 e. The normalized spacial score (nSPS) is 32.5. The highest BCUT2D eigenvalue weighted by Gasteiger charge is 2.50. The van der Waals surface area contributed by atoms with Gasteiger partial charge in [-0.05, 0) is 43.1 Å². The highest BCUT2D eigenvalue weighted by molar-refractivity contribution is 6.30. The van der Waals surface area contributed by atoms with Crippen molar-refractivity contribution in [1.29, 1.82) is 0 Å². The average molecular weight is 222 g/mol. The number of nitrogens with one attached hydrogen (secondary N) is 1. The molecular weight excluding hydrogens is 210 g/mol. The fourth-order valence-electron chi connectivity index (χ4n) is 2.68. The number of halogens is 1. The van der Waals surface area contributed by atoms with Gasteiger partial charge in [0.05, 0.1) is 0 Å². The maximum absolute atomic E-state index is 12.1. The molecule has 3 fully saturated rings. The number of rotatable bonds is 2. The Morgan fingerprint density at radius 1 is 1.33 bits per heavy atom. The number of hydrogen-bond acceptors (Lipinski definition) is 2. The zero-order valence-electron chi connectivity index (χ0n) is 8.24. The Hall–Kier alpha value is -0.860. The van der Waals surface area contributed by atoms with Crippen LogP contribution in [0.1, 0.15) is 16.8 Å². The maximum atomic E-state index is 12.1. The summed E-state index contributed by atoms with van der Waals surface area (Å²) in [6, 6.07) is 7.63. The number of fused-ring (bicyclic) bond motifs is 1. The van der Waals surface area contributed by atoms with Crippen LogP contribution < -0.4 is 5.32 Å². The Morgan fingerprint density at radius 3 is 2.60 bits per heavy atom. The molecule has 4 rings (SSSR count). The average Bonchev–Trinajstić information content (AvgIpc) is 2.80. The molecule has 1 aromatic rings. The van der Waals surface area contributed by atoms with Crippen LogP contribution in [0.25, 0.3) is 0 Å². The predicted molar refractivity (Wildman–Crippen MR) is 59.2 cm³/mol. The molecule has 1 aliphatic carbocycles. The lowest BCUT2D eigenvalue weighted by Gasteiger charge is -2.33. The molecule has 2 nitrogen and oxygen atoms in total. The van der Waals surface area contributed by atoms with Crippen molar-refractivity contribution in [3.8, 4) is 0 Å². The molecule has 3 atom stereocenters. The van der Waals surface area contributed by atoms with Crippen LogP contribution >= 0.6 is 11.6 Å². The van der Waals surface area contributed by atoms with Crippen molar-refractivity contribution >= 4 is 17.4 Å². The summed E-state index contributed by atoms with van der Waals surface area (Å²) in [7, 11) is 0. The van der Waals surface area contributed by atoms with E-state index in [-0.39, 0.29) is 11.7 Å². The van der Waals surface area contributed by atoms with Crippen molar-refractivity contribution in [2.75, 3.05) is 6.54 Å². The van der Waals surface area contributed by atoms with E-state index in [2.05, 4.69) is 5.32 Å². The zero-order valence-corrected chi connectivity index (χ0v) is 9.00. The van der Waals surface area contributed by atoms with Crippen molar-refractivity contribution in [3.05, 3.63) is 34.9 Å². The summed E-state index contributed by atoms with van der Waals surface area (Å²) in [5.41, 5.74) is 0.794. The number of ketones is 1. The fourth-order valence-corrected chi connectivity index (χ4v) is 2.80. The summed E-state index contributed by atoms with van der Waals surface area (Å²) >= 11 is 5.79. The van der Waals surface area contributed by atoms with E-state index in [0.29, 0.717) is 17.0 Å². The van der Waals surface area contributed by atoms with Crippen LogP contribution in [0.2, 0.25) is 5.02 Å². The standard InChI is InChI=1S/C12H12ClNO/c13-9-3-1-7(2-4-9)12(15)11-8-5-10(11)14-6-8/h1-4,8,10-11,14H,5-6H2. The van der Waals surface area contributed by atoms with Gasteiger partial charge in [0.25, 0.3) is 0 Å². The van der Waals surface area contributed by atoms with Crippen molar-refractivity contribution in [1.82, 2.24) is 5.32 Å². The molecule has 1 aromatic carbocycles. The molecule has 1 saturated carbocycles. The van der Waals surface area contributed by atoms with Gasteiger partial charge in [-0.3, -0.25) is 4.79 Å². The molecule has 0 amide bonds. The quantitative estimate of drug-likeness (QED) is 0.776. The van der Waals surface area contributed by atoms with Crippen LogP contribution in [-0.2, 0) is 0 Å². The van der Waals surface area contributed by atoms with E-state index < -0.39 is 0 Å². The fraction of sp³-hybridized carbons (Fsp3) is 0.417. The number of hydrogen-bond donors (Lipinski definition) is 1. The molecule has 3 aliphatic rings. The first-order chi connectivity index (χ1) is 7.25. The summed E-state index contributed by atoms with van der Waals surface area (Å²) in [5.74, 6) is 1.06. The van der Waals surface area contributed by atoms with Crippen LogP contribution in [0, 0.1) is 11.8 Å².